The molecule has 0 spiro atoms. The summed E-state index contributed by atoms with van der Waals surface area (Å²) in [6.07, 6.45) is 0. The smallest absolute Gasteiger partial charge is 0.220 e. The molecule has 2 N–H and O–H groups in total. The summed E-state index contributed by atoms with van der Waals surface area (Å²) in [6, 6.07) is 7.45. The number of nitrogens with zero attached hydrogens (tertiary/aromatic N) is 1. The molecule has 0 saturated heterocycles. The molecule has 1 rings (SSSR count). The second-order valence-electron chi connectivity index (χ2n) is 3.57. The number of thiocarbonyl (C=S) groups is 1. The molecule has 0 aliphatic carbocycles. The maximum atomic E-state index is 11.8. The highest BCUT2D eigenvalue weighted by molar-refractivity contribution is 9.10. The van der Waals surface area contributed by atoms with Crippen molar-refractivity contribution in [3.8, 4) is 0 Å². The van der Waals surface area contributed by atoms with Crippen LogP contribution in [-0.2, 0) is 16.6 Å². The molecule has 0 aliphatic rings. The Hall–Kier alpha value is -0.500. The summed E-state index contributed by atoms with van der Waals surface area (Å²) >= 11 is 7.99. The van der Waals surface area contributed by atoms with E-state index in [2.05, 4.69) is 28.1 Å². The van der Waals surface area contributed by atoms with E-state index in [1.54, 1.807) is 0 Å². The van der Waals surface area contributed by atoms with Gasteiger partial charge >= 0.3 is 0 Å². The summed E-state index contributed by atoms with van der Waals surface area (Å²) in [6.45, 7) is 0.284. The van der Waals surface area contributed by atoms with Crippen molar-refractivity contribution in [1.29, 1.82) is 0 Å². The summed E-state index contributed by atoms with van der Waals surface area (Å²) in [4.78, 5) is -0.0241. The second kappa shape index (κ2) is 5.90. The van der Waals surface area contributed by atoms with Gasteiger partial charge in [0.25, 0.3) is 0 Å². The average Bonchev–Trinajstić information content (AvgIpc) is 2.19. The Morgan fingerprint density at radius 2 is 2.06 bits per heavy atom. The van der Waals surface area contributed by atoms with Gasteiger partial charge in [-0.05, 0) is 11.6 Å². The standard InChI is InChI=1S/C10H13BrN2O2S2/c1-13(17(14,15)7-10(12)16)6-8-4-2-3-5-9(8)11/h2-5H,6-7H2,1H3,(H2,12,16). The molecule has 17 heavy (non-hydrogen) atoms. The Morgan fingerprint density at radius 1 is 1.47 bits per heavy atom. The Kier molecular flexibility index (Phi) is 5.05. The fourth-order valence-corrected chi connectivity index (χ4v) is 3.03. The molecular weight excluding hydrogens is 324 g/mol. The van der Waals surface area contributed by atoms with Crippen LogP contribution in [0.5, 0.6) is 0 Å². The fourth-order valence-electron chi connectivity index (χ4n) is 1.25. The number of rotatable bonds is 5. The van der Waals surface area contributed by atoms with Gasteiger partial charge in [0.1, 0.15) is 5.75 Å². The largest absolute Gasteiger partial charge is 0.392 e. The third kappa shape index (κ3) is 4.34. The van der Waals surface area contributed by atoms with Crippen LogP contribution in [0, 0.1) is 0 Å². The van der Waals surface area contributed by atoms with E-state index in [1.807, 2.05) is 24.3 Å². The molecule has 0 bridgehead atoms. The lowest BCUT2D eigenvalue weighted by Gasteiger charge is -2.17. The van der Waals surface area contributed by atoms with Gasteiger partial charge in [0.05, 0.1) is 4.99 Å². The molecular formula is C10H13BrN2O2S2. The highest BCUT2D eigenvalue weighted by atomic mass is 79.9. The summed E-state index contributed by atoms with van der Waals surface area (Å²) in [5, 5.41) is 0. The van der Waals surface area contributed by atoms with Crippen molar-refractivity contribution in [3.63, 3.8) is 0 Å². The van der Waals surface area contributed by atoms with Gasteiger partial charge in [-0.15, -0.1) is 0 Å². The molecule has 0 fully saturated rings. The van der Waals surface area contributed by atoms with Gasteiger partial charge in [0, 0.05) is 18.1 Å². The third-order valence-electron chi connectivity index (χ3n) is 2.15. The van der Waals surface area contributed by atoms with E-state index in [0.717, 1.165) is 10.0 Å². The van der Waals surface area contributed by atoms with Gasteiger partial charge in [-0.1, -0.05) is 46.3 Å². The molecule has 7 heteroatoms. The maximum Gasteiger partial charge on any atom is 0.220 e. The molecule has 4 nitrogen and oxygen atoms in total. The van der Waals surface area contributed by atoms with Gasteiger partial charge in [0.15, 0.2) is 0 Å². The molecule has 0 aliphatic heterocycles. The average molecular weight is 337 g/mol. The van der Waals surface area contributed by atoms with Crippen molar-refractivity contribution in [1.82, 2.24) is 4.31 Å². The first-order valence-electron chi connectivity index (χ1n) is 4.78. The van der Waals surface area contributed by atoms with Crippen LogP contribution in [0.25, 0.3) is 0 Å². The number of hydrogen-bond donors (Lipinski definition) is 1. The number of hydrogen-bond acceptors (Lipinski definition) is 3. The number of sulfonamides is 1. The fraction of sp³-hybridized carbons (Fsp3) is 0.300. The first kappa shape index (κ1) is 14.6. The second-order valence-corrected chi connectivity index (χ2v) is 7.02. The zero-order valence-corrected chi connectivity index (χ0v) is 12.5. The summed E-state index contributed by atoms with van der Waals surface area (Å²) in [7, 11) is -1.92. The van der Waals surface area contributed by atoms with Crippen LogP contribution in [0.1, 0.15) is 5.56 Å². The molecule has 0 unspecified atom stereocenters. The molecule has 0 saturated carbocycles. The summed E-state index contributed by atoms with van der Waals surface area (Å²) < 4.78 is 25.7. The van der Waals surface area contributed by atoms with Crippen molar-refractivity contribution in [3.05, 3.63) is 34.3 Å². The van der Waals surface area contributed by atoms with Crippen molar-refractivity contribution < 1.29 is 8.42 Å². The highest BCUT2D eigenvalue weighted by Crippen LogP contribution is 2.18. The van der Waals surface area contributed by atoms with Crippen molar-refractivity contribution in [2.45, 2.75) is 6.54 Å². The molecule has 0 amide bonds. The van der Waals surface area contributed by atoms with Crippen molar-refractivity contribution in [2.24, 2.45) is 5.73 Å². The Morgan fingerprint density at radius 3 is 2.59 bits per heavy atom. The van der Waals surface area contributed by atoms with E-state index in [1.165, 1.54) is 11.4 Å². The minimum atomic E-state index is -3.43. The highest BCUT2D eigenvalue weighted by Gasteiger charge is 2.19. The lowest BCUT2D eigenvalue weighted by molar-refractivity contribution is 0.469. The minimum Gasteiger partial charge on any atom is -0.392 e. The van der Waals surface area contributed by atoms with Gasteiger partial charge in [-0.3, -0.25) is 0 Å². The molecule has 0 heterocycles. The van der Waals surface area contributed by atoms with Crippen LogP contribution in [0.3, 0.4) is 0 Å². The Bertz CT molecular complexity index is 517. The lowest BCUT2D eigenvalue weighted by atomic mass is 10.2. The van der Waals surface area contributed by atoms with Crippen molar-refractivity contribution in [2.75, 3.05) is 12.8 Å². The summed E-state index contributed by atoms with van der Waals surface area (Å²) in [5.74, 6) is -0.302. The number of nitrogens with two attached hydrogens (primary N) is 1. The molecule has 1 aromatic carbocycles. The van der Waals surface area contributed by atoms with Crippen molar-refractivity contribution >= 4 is 43.2 Å². The minimum absolute atomic E-state index is 0.0241. The van der Waals surface area contributed by atoms with Gasteiger partial charge in [-0.25, -0.2) is 12.7 Å². The summed E-state index contributed by atoms with van der Waals surface area (Å²) in [5.41, 5.74) is 6.15. The topological polar surface area (TPSA) is 63.4 Å². The molecule has 0 aromatic heterocycles. The van der Waals surface area contributed by atoms with E-state index < -0.39 is 10.0 Å². The van der Waals surface area contributed by atoms with E-state index in [4.69, 9.17) is 5.73 Å². The van der Waals surface area contributed by atoms with Crippen LogP contribution in [-0.4, -0.2) is 30.5 Å². The Labute approximate surface area is 115 Å². The molecule has 0 radical (unpaired) electrons. The SMILES string of the molecule is CN(Cc1ccccc1Br)S(=O)(=O)CC(N)=S. The predicted molar refractivity (Wildman–Crippen MR) is 76.2 cm³/mol. The van der Waals surface area contributed by atoms with Crippen LogP contribution >= 0.6 is 28.1 Å². The van der Waals surface area contributed by atoms with E-state index in [-0.39, 0.29) is 17.3 Å². The normalized spacial score (nSPS) is 11.7. The Balaban J connectivity index is 2.83. The van der Waals surface area contributed by atoms with E-state index in [0.29, 0.717) is 0 Å². The zero-order chi connectivity index (χ0) is 13.1. The first-order valence-corrected chi connectivity index (χ1v) is 7.59. The quantitative estimate of drug-likeness (QED) is 0.827. The monoisotopic (exact) mass is 336 g/mol. The van der Waals surface area contributed by atoms with Crippen LogP contribution < -0.4 is 5.73 Å². The molecule has 1 aromatic rings. The zero-order valence-electron chi connectivity index (χ0n) is 9.26. The lowest BCUT2D eigenvalue weighted by Crippen LogP contribution is -2.33. The van der Waals surface area contributed by atoms with Gasteiger partial charge in [0.2, 0.25) is 10.0 Å². The first-order chi connectivity index (χ1) is 7.83. The molecule has 0 atom stereocenters. The number of halogens is 1. The van der Waals surface area contributed by atoms with Gasteiger partial charge in [-0.2, -0.15) is 0 Å². The van der Waals surface area contributed by atoms with Crippen LogP contribution in [0.2, 0.25) is 0 Å². The van der Waals surface area contributed by atoms with Crippen LogP contribution in [0.4, 0.5) is 0 Å². The van der Waals surface area contributed by atoms with Gasteiger partial charge < -0.3 is 5.73 Å². The maximum absolute atomic E-state index is 11.8. The van der Waals surface area contributed by atoms with E-state index in [9.17, 15) is 8.42 Å². The molecule has 94 valence electrons. The van der Waals surface area contributed by atoms with E-state index >= 15 is 0 Å². The van der Waals surface area contributed by atoms with Crippen LogP contribution in [0.15, 0.2) is 28.7 Å². The number of benzene rings is 1. The third-order valence-corrected chi connectivity index (χ3v) is 5.01. The predicted octanol–water partition coefficient (Wildman–Crippen LogP) is 1.50.